The third-order valence-electron chi connectivity index (χ3n) is 4.77. The first-order valence-electron chi connectivity index (χ1n) is 10.8. The van der Waals surface area contributed by atoms with Gasteiger partial charge in [-0.2, -0.15) is 10.2 Å². The molecule has 0 atom stereocenters. The lowest BCUT2D eigenvalue weighted by Gasteiger charge is -2.08. The van der Waals surface area contributed by atoms with Gasteiger partial charge in [-0.25, -0.2) is 9.36 Å². The Morgan fingerprint density at radius 1 is 0.703 bits per heavy atom. The van der Waals surface area contributed by atoms with Crippen LogP contribution in [0.1, 0.15) is 11.1 Å². The second-order valence-electron chi connectivity index (χ2n) is 7.37. The van der Waals surface area contributed by atoms with Gasteiger partial charge in [0.15, 0.2) is 10.8 Å². The van der Waals surface area contributed by atoms with Crippen molar-refractivity contribution in [1.82, 2.24) is 19.6 Å². The molecule has 0 amide bonds. The molecular formula is C25H23Cl3N4O5. The van der Waals surface area contributed by atoms with Crippen LogP contribution in [0.5, 0.6) is 5.75 Å². The second kappa shape index (κ2) is 14.5. The van der Waals surface area contributed by atoms with Crippen LogP contribution >= 0.6 is 34.8 Å². The molecule has 4 aromatic rings. The van der Waals surface area contributed by atoms with E-state index in [1.807, 2.05) is 60.7 Å². The number of hydrogen-bond acceptors (Lipinski definition) is 7. The normalized spacial score (nSPS) is 10.5. The van der Waals surface area contributed by atoms with Gasteiger partial charge in [-0.15, -0.1) is 0 Å². The number of aromatic nitrogens is 4. The number of ether oxygens (including phenoxy) is 3. The highest BCUT2D eigenvalue weighted by atomic mass is 35.5. The maximum Gasteiger partial charge on any atom is 0.291 e. The Morgan fingerprint density at radius 3 is 1.65 bits per heavy atom. The van der Waals surface area contributed by atoms with Crippen molar-refractivity contribution in [3.8, 4) is 5.75 Å². The molecule has 194 valence electrons. The number of benzene rings is 2. The number of halogens is 3. The summed E-state index contributed by atoms with van der Waals surface area (Å²) < 4.78 is 18.0. The van der Waals surface area contributed by atoms with E-state index >= 15 is 0 Å². The lowest BCUT2D eigenvalue weighted by molar-refractivity contribution is 0.0526. The van der Waals surface area contributed by atoms with Crippen LogP contribution in [0.4, 0.5) is 0 Å². The highest BCUT2D eigenvalue weighted by molar-refractivity contribution is 6.41. The average molecular weight is 566 g/mol. The minimum absolute atomic E-state index is 0.000751. The number of rotatable bonds is 9. The summed E-state index contributed by atoms with van der Waals surface area (Å²) in [6.45, 7) is 0.871. The zero-order chi connectivity index (χ0) is 26.6. The fourth-order valence-corrected chi connectivity index (χ4v) is 3.36. The quantitative estimate of drug-likeness (QED) is 0.287. The van der Waals surface area contributed by atoms with Crippen LogP contribution in [0.2, 0.25) is 15.1 Å². The van der Waals surface area contributed by atoms with Gasteiger partial charge in [0.25, 0.3) is 11.1 Å². The van der Waals surface area contributed by atoms with Crippen molar-refractivity contribution in [3.63, 3.8) is 0 Å². The van der Waals surface area contributed by atoms with Crippen molar-refractivity contribution in [2.45, 2.75) is 26.7 Å². The molecular weight excluding hydrogens is 543 g/mol. The fraction of sp³-hybridized carbons (Fsp3) is 0.200. The first kappa shape index (κ1) is 28.4. The van der Waals surface area contributed by atoms with Crippen molar-refractivity contribution < 1.29 is 14.2 Å². The third-order valence-corrected chi connectivity index (χ3v) is 5.86. The SMILES string of the molecule is COc1cnn(COCc2ccccc2)c(=O)c1Cl.O=c1c(Cl)c(Cl)cnn1COCc1ccccc1. The number of methoxy groups -OCH3 is 1. The Kier molecular flexibility index (Phi) is 11.1. The van der Waals surface area contributed by atoms with Gasteiger partial charge in [-0.05, 0) is 11.1 Å². The molecule has 4 rings (SSSR count). The van der Waals surface area contributed by atoms with Crippen molar-refractivity contribution in [1.29, 1.82) is 0 Å². The molecule has 2 heterocycles. The Hall–Kier alpha value is -3.21. The first-order valence-corrected chi connectivity index (χ1v) is 12.0. The maximum absolute atomic E-state index is 11.8. The van der Waals surface area contributed by atoms with Gasteiger partial charge in [0.05, 0.1) is 37.7 Å². The van der Waals surface area contributed by atoms with Crippen molar-refractivity contribution in [2.24, 2.45) is 0 Å². The lowest BCUT2D eigenvalue weighted by atomic mass is 10.2. The molecule has 0 bridgehead atoms. The molecule has 9 nitrogen and oxygen atoms in total. The van der Waals surface area contributed by atoms with Crippen LogP contribution in [-0.2, 0) is 36.1 Å². The maximum atomic E-state index is 11.8. The van der Waals surface area contributed by atoms with E-state index in [2.05, 4.69) is 10.2 Å². The smallest absolute Gasteiger partial charge is 0.291 e. The summed E-state index contributed by atoms with van der Waals surface area (Å²) in [4.78, 5) is 23.4. The van der Waals surface area contributed by atoms with Gasteiger partial charge in [-0.3, -0.25) is 9.59 Å². The summed E-state index contributed by atoms with van der Waals surface area (Å²) >= 11 is 17.2. The zero-order valence-corrected chi connectivity index (χ0v) is 22.0. The van der Waals surface area contributed by atoms with Crippen LogP contribution in [0, 0.1) is 0 Å². The fourth-order valence-electron chi connectivity index (χ4n) is 2.87. The summed E-state index contributed by atoms with van der Waals surface area (Å²) in [5.74, 6) is 0.256. The molecule has 12 heteroatoms. The zero-order valence-electron chi connectivity index (χ0n) is 19.7. The number of hydrogen-bond donors (Lipinski definition) is 0. The van der Waals surface area contributed by atoms with E-state index in [4.69, 9.17) is 49.0 Å². The van der Waals surface area contributed by atoms with Crippen LogP contribution in [0.3, 0.4) is 0 Å². The van der Waals surface area contributed by atoms with Crippen LogP contribution in [-0.4, -0.2) is 26.7 Å². The van der Waals surface area contributed by atoms with E-state index < -0.39 is 11.1 Å². The second-order valence-corrected chi connectivity index (χ2v) is 8.53. The van der Waals surface area contributed by atoms with Crippen LogP contribution < -0.4 is 15.9 Å². The predicted octanol–water partition coefficient (Wildman–Crippen LogP) is 4.80. The molecule has 0 radical (unpaired) electrons. The summed E-state index contributed by atoms with van der Waals surface area (Å²) in [6, 6.07) is 19.3. The summed E-state index contributed by atoms with van der Waals surface area (Å²) in [7, 11) is 1.43. The molecule has 2 aromatic carbocycles. The van der Waals surface area contributed by atoms with Crippen molar-refractivity contribution in [3.05, 3.63) is 120 Å². The molecule has 2 aromatic heterocycles. The third kappa shape index (κ3) is 8.41. The topological polar surface area (TPSA) is 97.5 Å². The first-order chi connectivity index (χ1) is 17.9. The minimum atomic E-state index is -0.461. The molecule has 0 N–H and O–H groups in total. The van der Waals surface area contributed by atoms with Gasteiger partial charge < -0.3 is 14.2 Å². The average Bonchev–Trinajstić information content (AvgIpc) is 2.93. The van der Waals surface area contributed by atoms with Gasteiger partial charge >= 0.3 is 0 Å². The Labute approximate surface area is 227 Å². The molecule has 0 aliphatic heterocycles. The lowest BCUT2D eigenvalue weighted by Crippen LogP contribution is -2.24. The van der Waals surface area contributed by atoms with Crippen molar-refractivity contribution >= 4 is 34.8 Å². The highest BCUT2D eigenvalue weighted by Gasteiger charge is 2.09. The van der Waals surface area contributed by atoms with Crippen LogP contribution in [0.15, 0.2) is 82.6 Å². The largest absolute Gasteiger partial charge is 0.493 e. The molecule has 0 fully saturated rings. The van der Waals surface area contributed by atoms with Crippen LogP contribution in [0.25, 0.3) is 0 Å². The highest BCUT2D eigenvalue weighted by Crippen LogP contribution is 2.17. The molecule has 0 saturated carbocycles. The number of nitrogens with zero attached hydrogens (tertiary/aromatic N) is 4. The minimum Gasteiger partial charge on any atom is -0.493 e. The molecule has 0 aliphatic rings. The Bertz CT molecular complexity index is 1400. The van der Waals surface area contributed by atoms with Crippen molar-refractivity contribution in [2.75, 3.05) is 7.11 Å². The monoisotopic (exact) mass is 564 g/mol. The molecule has 0 spiro atoms. The molecule has 0 unspecified atom stereocenters. The summed E-state index contributed by atoms with van der Waals surface area (Å²) in [5, 5.41) is 7.84. The van der Waals surface area contributed by atoms with Gasteiger partial charge in [0, 0.05) is 0 Å². The summed E-state index contributed by atoms with van der Waals surface area (Å²) in [6.07, 6.45) is 2.70. The van der Waals surface area contributed by atoms with Gasteiger partial charge in [-0.1, -0.05) is 95.5 Å². The molecule has 0 aliphatic carbocycles. The van der Waals surface area contributed by atoms with E-state index in [-0.39, 0.29) is 34.3 Å². The van der Waals surface area contributed by atoms with E-state index in [0.717, 1.165) is 20.5 Å². The summed E-state index contributed by atoms with van der Waals surface area (Å²) in [5.41, 5.74) is 1.15. The Balaban J connectivity index is 0.000000206. The van der Waals surface area contributed by atoms with E-state index in [0.29, 0.717) is 13.2 Å². The van der Waals surface area contributed by atoms with E-state index in [9.17, 15) is 9.59 Å². The predicted molar refractivity (Wildman–Crippen MR) is 141 cm³/mol. The van der Waals surface area contributed by atoms with E-state index in [1.165, 1.54) is 19.5 Å². The molecule has 37 heavy (non-hydrogen) atoms. The molecule has 0 saturated heterocycles. The van der Waals surface area contributed by atoms with E-state index in [1.54, 1.807) is 0 Å². The van der Waals surface area contributed by atoms with Gasteiger partial charge in [0.1, 0.15) is 18.5 Å². The Morgan fingerprint density at radius 2 is 1.16 bits per heavy atom. The van der Waals surface area contributed by atoms with Gasteiger partial charge in [0.2, 0.25) is 0 Å². The standard InChI is InChI=1S/C13H13ClN2O3.C12H10Cl2N2O2/c1-18-11-7-15-16(13(17)12(11)14)9-19-8-10-5-3-2-4-6-10;13-10-6-15-16(12(17)11(10)14)8-18-7-9-4-2-1-3-5-9/h2-7H,8-9H2,1H3;1-6H,7-8H2.